The van der Waals surface area contributed by atoms with Crippen LogP contribution in [0.5, 0.6) is 0 Å². The van der Waals surface area contributed by atoms with Crippen LogP contribution in [-0.2, 0) is 10.0 Å². The summed E-state index contributed by atoms with van der Waals surface area (Å²) in [6.07, 6.45) is 1.26. The fraction of sp³-hybridized carbons (Fsp3) is 0.538. The molecule has 2 rings (SSSR count). The first kappa shape index (κ1) is 15.8. The van der Waals surface area contributed by atoms with E-state index in [0.717, 1.165) is 15.7 Å². The third-order valence-corrected chi connectivity index (χ3v) is 5.33. The fourth-order valence-corrected chi connectivity index (χ4v) is 3.61. The second kappa shape index (κ2) is 6.01. The molecular formula is C13H20BrN3O2S. The molecule has 1 aliphatic rings. The van der Waals surface area contributed by atoms with Gasteiger partial charge in [0.1, 0.15) is 0 Å². The predicted molar refractivity (Wildman–Crippen MR) is 85.4 cm³/mol. The standard InChI is InChI=1S/C13H20BrN3O2S/c1-10(15)12-4-3-11(14)9-13(12)16-5-7-17(8-6-16)20(2,18)19/h3-4,9-10H,5-8,15H2,1-2H3. The van der Waals surface area contributed by atoms with Crippen LogP contribution < -0.4 is 10.6 Å². The molecular weight excluding hydrogens is 342 g/mol. The average Bonchev–Trinajstić information content (AvgIpc) is 2.37. The van der Waals surface area contributed by atoms with Crippen molar-refractivity contribution in [3.8, 4) is 0 Å². The maximum atomic E-state index is 11.5. The summed E-state index contributed by atoms with van der Waals surface area (Å²) >= 11 is 3.48. The second-order valence-electron chi connectivity index (χ2n) is 5.14. The van der Waals surface area contributed by atoms with Gasteiger partial charge in [0.15, 0.2) is 0 Å². The lowest BCUT2D eigenvalue weighted by atomic mass is 10.1. The van der Waals surface area contributed by atoms with Gasteiger partial charge in [-0.2, -0.15) is 4.31 Å². The summed E-state index contributed by atoms with van der Waals surface area (Å²) in [5.41, 5.74) is 8.19. The van der Waals surface area contributed by atoms with Crippen LogP contribution in [0.2, 0.25) is 0 Å². The molecule has 20 heavy (non-hydrogen) atoms. The zero-order valence-corrected chi connectivity index (χ0v) is 14.1. The van der Waals surface area contributed by atoms with E-state index in [9.17, 15) is 8.42 Å². The largest absolute Gasteiger partial charge is 0.369 e. The molecule has 2 N–H and O–H groups in total. The van der Waals surface area contributed by atoms with Crippen molar-refractivity contribution < 1.29 is 8.42 Å². The molecule has 1 atom stereocenters. The number of halogens is 1. The van der Waals surface area contributed by atoms with Crippen molar-refractivity contribution in [1.29, 1.82) is 0 Å². The molecule has 1 fully saturated rings. The normalized spacial score (nSPS) is 19.1. The van der Waals surface area contributed by atoms with Gasteiger partial charge in [-0.05, 0) is 24.6 Å². The van der Waals surface area contributed by atoms with Crippen LogP contribution in [0.4, 0.5) is 5.69 Å². The number of hydrogen-bond acceptors (Lipinski definition) is 4. The highest BCUT2D eigenvalue weighted by atomic mass is 79.9. The van der Waals surface area contributed by atoms with Gasteiger partial charge in [0.2, 0.25) is 10.0 Å². The summed E-state index contributed by atoms with van der Waals surface area (Å²) in [7, 11) is -3.09. The van der Waals surface area contributed by atoms with E-state index >= 15 is 0 Å². The Morgan fingerprint density at radius 1 is 1.25 bits per heavy atom. The van der Waals surface area contributed by atoms with Crippen LogP contribution in [0.1, 0.15) is 18.5 Å². The summed E-state index contributed by atoms with van der Waals surface area (Å²) in [6, 6.07) is 6.00. The number of nitrogens with two attached hydrogens (primary N) is 1. The lowest BCUT2D eigenvalue weighted by molar-refractivity contribution is 0.387. The molecule has 1 heterocycles. The minimum Gasteiger partial charge on any atom is -0.369 e. The zero-order valence-electron chi connectivity index (χ0n) is 11.7. The van der Waals surface area contributed by atoms with Crippen LogP contribution in [0, 0.1) is 0 Å². The van der Waals surface area contributed by atoms with Gasteiger partial charge in [-0.25, -0.2) is 8.42 Å². The Labute approximate surface area is 128 Å². The van der Waals surface area contributed by atoms with Crippen molar-refractivity contribution in [1.82, 2.24) is 4.31 Å². The van der Waals surface area contributed by atoms with Gasteiger partial charge in [0, 0.05) is 42.4 Å². The summed E-state index contributed by atoms with van der Waals surface area (Å²) in [5.74, 6) is 0. The molecule has 0 bridgehead atoms. The number of rotatable bonds is 3. The first-order chi connectivity index (χ1) is 9.29. The topological polar surface area (TPSA) is 66.6 Å². The van der Waals surface area contributed by atoms with Crippen LogP contribution in [0.25, 0.3) is 0 Å². The minimum absolute atomic E-state index is 0.0500. The van der Waals surface area contributed by atoms with Crippen molar-refractivity contribution >= 4 is 31.6 Å². The summed E-state index contributed by atoms with van der Waals surface area (Å²) in [4.78, 5) is 2.20. The first-order valence-electron chi connectivity index (χ1n) is 6.54. The lowest BCUT2D eigenvalue weighted by Crippen LogP contribution is -2.48. The molecule has 0 aromatic heterocycles. The summed E-state index contributed by atoms with van der Waals surface area (Å²) < 4.78 is 25.6. The van der Waals surface area contributed by atoms with Gasteiger partial charge < -0.3 is 10.6 Å². The monoisotopic (exact) mass is 361 g/mol. The second-order valence-corrected chi connectivity index (χ2v) is 8.04. The Bertz CT molecular complexity index is 581. The number of hydrogen-bond donors (Lipinski definition) is 1. The first-order valence-corrected chi connectivity index (χ1v) is 9.18. The van der Waals surface area contributed by atoms with Crippen LogP contribution in [0.15, 0.2) is 22.7 Å². The highest BCUT2D eigenvalue weighted by molar-refractivity contribution is 9.10. The minimum atomic E-state index is -3.09. The Hall–Kier alpha value is -0.630. The Morgan fingerprint density at radius 2 is 1.85 bits per heavy atom. The maximum Gasteiger partial charge on any atom is 0.211 e. The van der Waals surface area contributed by atoms with E-state index in [2.05, 4.69) is 26.9 Å². The van der Waals surface area contributed by atoms with E-state index in [1.165, 1.54) is 10.6 Å². The Morgan fingerprint density at radius 3 is 2.35 bits per heavy atom. The highest BCUT2D eigenvalue weighted by Crippen LogP contribution is 2.29. The molecule has 5 nitrogen and oxygen atoms in total. The molecule has 0 spiro atoms. The van der Waals surface area contributed by atoms with Gasteiger partial charge in [-0.15, -0.1) is 0 Å². The third-order valence-electron chi connectivity index (χ3n) is 3.53. The van der Waals surface area contributed by atoms with E-state index in [4.69, 9.17) is 5.73 Å². The maximum absolute atomic E-state index is 11.5. The smallest absolute Gasteiger partial charge is 0.211 e. The number of benzene rings is 1. The van der Waals surface area contributed by atoms with Crippen LogP contribution in [-0.4, -0.2) is 45.2 Å². The molecule has 0 radical (unpaired) electrons. The average molecular weight is 362 g/mol. The van der Waals surface area contributed by atoms with Crippen LogP contribution >= 0.6 is 15.9 Å². The molecule has 1 saturated heterocycles. The molecule has 1 aromatic carbocycles. The van der Waals surface area contributed by atoms with E-state index in [1.807, 2.05) is 19.1 Å². The van der Waals surface area contributed by atoms with Gasteiger partial charge in [-0.3, -0.25) is 0 Å². The molecule has 1 unspecified atom stereocenters. The van der Waals surface area contributed by atoms with Crippen molar-refractivity contribution in [2.75, 3.05) is 37.3 Å². The van der Waals surface area contributed by atoms with Crippen molar-refractivity contribution in [2.24, 2.45) is 5.73 Å². The predicted octanol–water partition coefficient (Wildman–Crippen LogP) is 1.55. The van der Waals surface area contributed by atoms with Gasteiger partial charge in [0.25, 0.3) is 0 Å². The van der Waals surface area contributed by atoms with Gasteiger partial charge in [0.05, 0.1) is 6.26 Å². The summed E-state index contributed by atoms with van der Waals surface area (Å²) in [5, 5.41) is 0. The lowest BCUT2D eigenvalue weighted by Gasteiger charge is -2.36. The molecule has 0 amide bonds. The van der Waals surface area contributed by atoms with E-state index in [-0.39, 0.29) is 6.04 Å². The van der Waals surface area contributed by atoms with E-state index in [0.29, 0.717) is 26.2 Å². The van der Waals surface area contributed by atoms with E-state index < -0.39 is 10.0 Å². The van der Waals surface area contributed by atoms with Crippen molar-refractivity contribution in [2.45, 2.75) is 13.0 Å². The quantitative estimate of drug-likeness (QED) is 0.886. The van der Waals surface area contributed by atoms with Crippen molar-refractivity contribution in [3.05, 3.63) is 28.2 Å². The number of nitrogens with zero attached hydrogens (tertiary/aromatic N) is 2. The number of sulfonamides is 1. The SMILES string of the molecule is CC(N)c1ccc(Br)cc1N1CCN(S(C)(=O)=O)CC1. The zero-order chi connectivity index (χ0) is 14.9. The molecule has 7 heteroatoms. The highest BCUT2D eigenvalue weighted by Gasteiger charge is 2.25. The van der Waals surface area contributed by atoms with E-state index in [1.54, 1.807) is 0 Å². The third kappa shape index (κ3) is 3.52. The van der Waals surface area contributed by atoms with Gasteiger partial charge >= 0.3 is 0 Å². The number of piperazine rings is 1. The Balaban J connectivity index is 2.20. The molecule has 1 aliphatic heterocycles. The van der Waals surface area contributed by atoms with Gasteiger partial charge in [-0.1, -0.05) is 22.0 Å². The molecule has 112 valence electrons. The van der Waals surface area contributed by atoms with Crippen LogP contribution in [0.3, 0.4) is 0 Å². The van der Waals surface area contributed by atoms with Crippen molar-refractivity contribution in [3.63, 3.8) is 0 Å². The number of anilines is 1. The molecule has 1 aromatic rings. The summed E-state index contributed by atoms with van der Waals surface area (Å²) in [6.45, 7) is 4.36. The fourth-order valence-electron chi connectivity index (χ4n) is 2.44. The molecule has 0 aliphatic carbocycles. The Kier molecular flexibility index (Phi) is 4.73. The molecule has 0 saturated carbocycles.